The van der Waals surface area contributed by atoms with Crippen LogP contribution in [0.1, 0.15) is 17.0 Å². The molecule has 0 saturated carbocycles. The molecule has 2 heterocycles. The van der Waals surface area contributed by atoms with Gasteiger partial charge in [0.1, 0.15) is 18.1 Å². The summed E-state index contributed by atoms with van der Waals surface area (Å²) in [7, 11) is 0. The van der Waals surface area contributed by atoms with Gasteiger partial charge in [0, 0.05) is 30.1 Å². The van der Waals surface area contributed by atoms with Gasteiger partial charge in [0.2, 0.25) is 0 Å². The van der Waals surface area contributed by atoms with Crippen molar-refractivity contribution in [1.82, 2.24) is 14.8 Å². The zero-order valence-corrected chi connectivity index (χ0v) is 14.7. The number of nitrogens with zero attached hydrogens (tertiary/aromatic N) is 4. The highest BCUT2D eigenvalue weighted by molar-refractivity contribution is 5.78. The average molecular weight is 369 g/mol. The van der Waals surface area contributed by atoms with Crippen molar-refractivity contribution in [2.45, 2.75) is 20.0 Å². The number of rotatable bonds is 2. The first-order valence-electron chi connectivity index (χ1n) is 8.35. The van der Waals surface area contributed by atoms with Gasteiger partial charge in [-0.15, -0.1) is 0 Å². The molecule has 0 N–H and O–H groups in total. The first-order valence-corrected chi connectivity index (χ1v) is 8.35. The molecule has 0 radical (unpaired) electrons. The minimum absolute atomic E-state index is 0.381. The lowest BCUT2D eigenvalue weighted by molar-refractivity contribution is -0.606. The fraction of sp³-hybridized carbons (Fsp3) is 0.150. The molecule has 0 saturated heterocycles. The molecule has 136 valence electrons. The minimum atomic E-state index is -4.47. The Morgan fingerprint density at radius 3 is 2.52 bits per heavy atom. The zero-order valence-electron chi connectivity index (χ0n) is 14.7. The van der Waals surface area contributed by atoms with Gasteiger partial charge in [0.05, 0.1) is 16.8 Å². The van der Waals surface area contributed by atoms with Crippen molar-refractivity contribution in [2.75, 3.05) is 0 Å². The summed E-state index contributed by atoms with van der Waals surface area (Å²) in [4.78, 5) is 4.18. The first kappa shape index (κ1) is 17.2. The maximum Gasteiger partial charge on any atom is 0.416 e. The van der Waals surface area contributed by atoms with Crippen LogP contribution in [0.2, 0.25) is 0 Å². The van der Waals surface area contributed by atoms with E-state index in [1.165, 1.54) is 4.68 Å². The normalized spacial score (nSPS) is 11.9. The monoisotopic (exact) mass is 369 g/mol. The van der Waals surface area contributed by atoms with Gasteiger partial charge in [0.25, 0.3) is 5.82 Å². The molecule has 0 aliphatic heterocycles. The third kappa shape index (κ3) is 3.05. The molecule has 2 aromatic carbocycles. The second-order valence-electron chi connectivity index (χ2n) is 6.31. The number of fused-ring (bicyclic) bond motifs is 1. The van der Waals surface area contributed by atoms with Crippen LogP contribution in [0.4, 0.5) is 13.2 Å². The Kier molecular flexibility index (Phi) is 3.95. The Morgan fingerprint density at radius 1 is 1.04 bits per heavy atom. The molecule has 7 heteroatoms. The maximum absolute atomic E-state index is 13.6. The van der Waals surface area contributed by atoms with Crippen LogP contribution in [-0.4, -0.2) is 14.8 Å². The van der Waals surface area contributed by atoms with Gasteiger partial charge in [-0.25, -0.2) is 9.25 Å². The summed E-state index contributed by atoms with van der Waals surface area (Å²) < 4.78 is 43.8. The lowest BCUT2D eigenvalue weighted by atomic mass is 10.1. The number of hydrogen-bond acceptors (Lipinski definition) is 2. The summed E-state index contributed by atoms with van der Waals surface area (Å²) in [6.45, 7) is 3.54. The summed E-state index contributed by atoms with van der Waals surface area (Å²) in [6.07, 6.45) is 0.576. The second kappa shape index (κ2) is 6.19. The van der Waals surface area contributed by atoms with Crippen LogP contribution < -0.4 is 4.57 Å². The Labute approximate surface area is 153 Å². The van der Waals surface area contributed by atoms with Gasteiger partial charge in [0.15, 0.2) is 0 Å². The van der Waals surface area contributed by atoms with Crippen LogP contribution in [0.3, 0.4) is 0 Å². The summed E-state index contributed by atoms with van der Waals surface area (Å²) in [5, 5.41) is 5.31. The largest absolute Gasteiger partial charge is 0.416 e. The van der Waals surface area contributed by atoms with Gasteiger partial charge in [-0.2, -0.15) is 18.3 Å². The van der Waals surface area contributed by atoms with Gasteiger partial charge in [-0.05, 0) is 25.1 Å². The van der Waals surface area contributed by atoms with E-state index < -0.39 is 11.7 Å². The molecule has 0 aliphatic carbocycles. The standard InChI is InChI=1S/C20H16F3N4/c1-13-18(26-9-5-8-24-14(26)2)10-16(20(21,22)23)11-19(13)27-12-15-6-3-4-7-17(15)25-27/h3-12H,1-2H3/q+1. The number of alkyl halides is 3. The van der Waals surface area contributed by atoms with E-state index in [0.717, 1.165) is 23.0 Å². The molecular weight excluding hydrogens is 353 g/mol. The minimum Gasteiger partial charge on any atom is -0.239 e. The van der Waals surface area contributed by atoms with E-state index in [1.54, 1.807) is 43.1 Å². The van der Waals surface area contributed by atoms with Gasteiger partial charge < -0.3 is 0 Å². The number of halogens is 3. The van der Waals surface area contributed by atoms with Crippen LogP contribution in [-0.2, 0) is 6.18 Å². The summed E-state index contributed by atoms with van der Waals surface area (Å²) in [5.41, 5.74) is 1.48. The molecule has 0 fully saturated rings. The molecule has 0 spiro atoms. The molecule has 0 atom stereocenters. The van der Waals surface area contributed by atoms with Crippen LogP contribution in [0.5, 0.6) is 0 Å². The molecule has 2 aromatic heterocycles. The molecule has 4 nitrogen and oxygen atoms in total. The first-order chi connectivity index (χ1) is 12.8. The fourth-order valence-corrected chi connectivity index (χ4v) is 3.12. The Balaban J connectivity index is 2.01. The lowest BCUT2D eigenvalue weighted by Crippen LogP contribution is -2.36. The molecular formula is C20H16F3N4+. The van der Waals surface area contributed by atoms with Crippen LogP contribution in [0.25, 0.3) is 22.3 Å². The van der Waals surface area contributed by atoms with Crippen molar-refractivity contribution >= 4 is 10.9 Å². The third-order valence-corrected chi connectivity index (χ3v) is 4.53. The van der Waals surface area contributed by atoms with Gasteiger partial charge in [-0.3, -0.25) is 0 Å². The number of aryl methyl sites for hydroxylation is 1. The SMILES string of the molecule is Cc1c(-n2cc3ccccc3n2)cc(C(F)(F)F)cc1-[n+]1cccnc1C. The van der Waals surface area contributed by atoms with Crippen molar-refractivity contribution < 1.29 is 17.7 Å². The van der Waals surface area contributed by atoms with E-state index in [2.05, 4.69) is 10.1 Å². The summed E-state index contributed by atoms with van der Waals surface area (Å²) in [6, 6.07) is 11.4. The van der Waals surface area contributed by atoms with Crippen molar-refractivity contribution in [2.24, 2.45) is 0 Å². The predicted molar refractivity (Wildman–Crippen MR) is 94.9 cm³/mol. The number of benzene rings is 2. The van der Waals surface area contributed by atoms with E-state index in [-0.39, 0.29) is 0 Å². The smallest absolute Gasteiger partial charge is 0.239 e. The lowest BCUT2D eigenvalue weighted by Gasteiger charge is -2.15. The number of hydrogen-bond donors (Lipinski definition) is 0. The highest BCUT2D eigenvalue weighted by Crippen LogP contribution is 2.33. The third-order valence-electron chi connectivity index (χ3n) is 4.53. The summed E-state index contributed by atoms with van der Waals surface area (Å²) in [5.74, 6) is 0.594. The Hall–Kier alpha value is -3.22. The van der Waals surface area contributed by atoms with E-state index in [1.807, 2.05) is 24.3 Å². The highest BCUT2D eigenvalue weighted by atomic mass is 19.4. The summed E-state index contributed by atoms with van der Waals surface area (Å²) >= 11 is 0. The molecule has 4 aromatic rings. The fourth-order valence-electron chi connectivity index (χ4n) is 3.12. The van der Waals surface area contributed by atoms with Crippen molar-refractivity contribution in [3.8, 4) is 11.4 Å². The molecule has 27 heavy (non-hydrogen) atoms. The second-order valence-corrected chi connectivity index (χ2v) is 6.31. The highest BCUT2D eigenvalue weighted by Gasteiger charge is 2.33. The molecule has 0 bridgehead atoms. The van der Waals surface area contributed by atoms with Gasteiger partial charge >= 0.3 is 6.18 Å². The predicted octanol–water partition coefficient (Wildman–Crippen LogP) is 4.33. The van der Waals surface area contributed by atoms with Crippen molar-refractivity contribution in [1.29, 1.82) is 0 Å². The molecule has 4 rings (SSSR count). The van der Waals surface area contributed by atoms with Crippen LogP contribution in [0.15, 0.2) is 61.1 Å². The van der Waals surface area contributed by atoms with Crippen LogP contribution in [0, 0.1) is 13.8 Å². The van der Waals surface area contributed by atoms with Gasteiger partial charge in [-0.1, -0.05) is 23.2 Å². The molecule has 0 aliphatic rings. The quantitative estimate of drug-likeness (QED) is 0.493. The zero-order chi connectivity index (χ0) is 19.2. The topological polar surface area (TPSA) is 34.6 Å². The van der Waals surface area contributed by atoms with E-state index in [0.29, 0.717) is 22.8 Å². The van der Waals surface area contributed by atoms with Crippen LogP contribution >= 0.6 is 0 Å². The molecule has 0 amide bonds. The Morgan fingerprint density at radius 2 is 1.81 bits per heavy atom. The number of aromatic nitrogens is 4. The molecule has 0 unspecified atom stereocenters. The van der Waals surface area contributed by atoms with E-state index in [9.17, 15) is 13.2 Å². The van der Waals surface area contributed by atoms with E-state index >= 15 is 0 Å². The Bertz CT molecular complexity index is 1110. The maximum atomic E-state index is 13.6. The van der Waals surface area contributed by atoms with Crippen molar-refractivity contribution in [3.63, 3.8) is 0 Å². The van der Waals surface area contributed by atoms with Crippen molar-refractivity contribution in [3.05, 3.63) is 78.0 Å². The van der Waals surface area contributed by atoms with E-state index in [4.69, 9.17) is 0 Å². The average Bonchev–Trinajstić information content (AvgIpc) is 3.05.